The van der Waals surface area contributed by atoms with Crippen LogP contribution >= 0.6 is 0 Å². The van der Waals surface area contributed by atoms with Gasteiger partial charge in [-0.3, -0.25) is 9.59 Å². The number of methoxy groups -OCH3 is 1. The lowest BCUT2D eigenvalue weighted by Gasteiger charge is -2.34. The van der Waals surface area contributed by atoms with Crippen molar-refractivity contribution in [1.82, 2.24) is 4.90 Å². The monoisotopic (exact) mass is 445 g/mol. The average molecular weight is 446 g/mol. The molecule has 7 heteroatoms. The van der Waals surface area contributed by atoms with Crippen molar-refractivity contribution in [3.8, 4) is 11.5 Å². The highest BCUT2D eigenvalue weighted by atomic mass is 16.5. The highest BCUT2D eigenvalue weighted by Gasteiger charge is 2.48. The van der Waals surface area contributed by atoms with Gasteiger partial charge in [0.2, 0.25) is 5.91 Å². The predicted molar refractivity (Wildman–Crippen MR) is 119 cm³/mol. The first-order valence-electron chi connectivity index (χ1n) is 11.8. The fourth-order valence-electron chi connectivity index (χ4n) is 4.95. The molecule has 4 rings (SSSR count). The van der Waals surface area contributed by atoms with E-state index in [1.165, 1.54) is 12.8 Å². The molecule has 3 aliphatic rings. The molecule has 3 atom stereocenters. The summed E-state index contributed by atoms with van der Waals surface area (Å²) < 4.78 is 17.0. The number of rotatable bonds is 8. The van der Waals surface area contributed by atoms with Gasteiger partial charge in [0, 0.05) is 24.4 Å². The molecule has 1 heterocycles. The van der Waals surface area contributed by atoms with Crippen LogP contribution in [0.15, 0.2) is 18.2 Å². The van der Waals surface area contributed by atoms with Gasteiger partial charge in [-0.25, -0.2) is 0 Å². The van der Waals surface area contributed by atoms with E-state index in [-0.39, 0.29) is 30.5 Å². The van der Waals surface area contributed by atoms with E-state index in [9.17, 15) is 14.7 Å². The van der Waals surface area contributed by atoms with Gasteiger partial charge in [0.1, 0.15) is 12.5 Å². The number of aliphatic hydroxyl groups excluding tert-OH is 1. The van der Waals surface area contributed by atoms with Gasteiger partial charge in [0.05, 0.1) is 19.3 Å². The van der Waals surface area contributed by atoms with E-state index in [2.05, 4.69) is 0 Å². The molecule has 1 amide bonds. The molecule has 0 aromatic heterocycles. The minimum absolute atomic E-state index is 0.0121. The second kappa shape index (κ2) is 9.30. The number of carbonyl (C=O) groups is 2. The molecule has 0 spiro atoms. The van der Waals surface area contributed by atoms with Crippen molar-refractivity contribution < 1.29 is 28.9 Å². The Hall–Kier alpha value is -2.28. The second-order valence-electron chi connectivity index (χ2n) is 9.81. The number of amides is 1. The Kier molecular flexibility index (Phi) is 6.65. The summed E-state index contributed by atoms with van der Waals surface area (Å²) in [4.78, 5) is 26.6. The number of hydrogen-bond acceptors (Lipinski definition) is 6. The van der Waals surface area contributed by atoms with Crippen molar-refractivity contribution in [1.29, 1.82) is 0 Å². The summed E-state index contributed by atoms with van der Waals surface area (Å²) in [5.74, 6) is 0.593. The number of carbonyl (C=O) groups excluding carboxylic acids is 2. The van der Waals surface area contributed by atoms with Crippen molar-refractivity contribution in [2.45, 2.75) is 83.0 Å². The van der Waals surface area contributed by atoms with Gasteiger partial charge in [0.15, 0.2) is 11.5 Å². The third-order valence-electron chi connectivity index (χ3n) is 7.34. The van der Waals surface area contributed by atoms with Crippen LogP contribution in [0.25, 0.3) is 0 Å². The summed E-state index contributed by atoms with van der Waals surface area (Å²) in [7, 11) is 1.63. The average Bonchev–Trinajstić information content (AvgIpc) is 3.26. The summed E-state index contributed by atoms with van der Waals surface area (Å²) >= 11 is 0. The second-order valence-corrected chi connectivity index (χ2v) is 9.81. The maximum absolute atomic E-state index is 12.8. The molecule has 2 saturated carbocycles. The Morgan fingerprint density at radius 1 is 1.16 bits per heavy atom. The molecule has 1 N–H and O–H groups in total. The lowest BCUT2D eigenvalue weighted by atomic mass is 9.72. The highest BCUT2D eigenvalue weighted by Crippen LogP contribution is 2.47. The molecule has 176 valence electrons. The van der Waals surface area contributed by atoms with Gasteiger partial charge >= 0.3 is 5.97 Å². The van der Waals surface area contributed by atoms with Crippen LogP contribution in [0.2, 0.25) is 0 Å². The summed E-state index contributed by atoms with van der Waals surface area (Å²) in [6, 6.07) is 5.89. The zero-order valence-electron chi connectivity index (χ0n) is 19.3. The number of nitrogens with zero attached hydrogens (tertiary/aromatic N) is 1. The lowest BCUT2D eigenvalue weighted by Crippen LogP contribution is -2.38. The Morgan fingerprint density at radius 3 is 2.50 bits per heavy atom. The molecule has 32 heavy (non-hydrogen) atoms. The van der Waals surface area contributed by atoms with E-state index in [0.29, 0.717) is 24.6 Å². The van der Waals surface area contributed by atoms with E-state index < -0.39 is 17.5 Å². The standard InChI is InChI=1S/C25H35NO6/c1-16(27)25(2)15-26(23(28)13-24(29)32-19-9-10-19)14-20(25)17-8-11-21(30-3)22(12-17)31-18-6-4-5-7-18/h8,11-12,16,18-20,27H,4-7,9-10,13-15H2,1-3H3. The first-order valence-corrected chi connectivity index (χ1v) is 11.8. The number of esters is 1. The van der Waals surface area contributed by atoms with Crippen LogP contribution in [-0.2, 0) is 14.3 Å². The Balaban J connectivity index is 1.53. The molecular weight excluding hydrogens is 410 g/mol. The van der Waals surface area contributed by atoms with E-state index in [1.54, 1.807) is 18.9 Å². The summed E-state index contributed by atoms with van der Waals surface area (Å²) in [6.45, 7) is 4.59. The molecule has 2 aliphatic carbocycles. The Morgan fingerprint density at radius 2 is 1.88 bits per heavy atom. The SMILES string of the molecule is COc1ccc(C2CN(C(=O)CC(=O)OC3CC3)CC2(C)C(C)O)cc1OC1CCCC1. The minimum atomic E-state index is -0.634. The largest absolute Gasteiger partial charge is 0.493 e. The van der Waals surface area contributed by atoms with Gasteiger partial charge in [-0.1, -0.05) is 13.0 Å². The third kappa shape index (κ3) is 4.87. The number of benzene rings is 1. The Labute approximate surface area is 190 Å². The lowest BCUT2D eigenvalue weighted by molar-refractivity contribution is -0.149. The van der Waals surface area contributed by atoms with Crippen molar-refractivity contribution in [3.05, 3.63) is 23.8 Å². The predicted octanol–water partition coefficient (Wildman–Crippen LogP) is 3.43. The Bertz CT molecular complexity index is 845. The number of aliphatic hydroxyl groups is 1. The van der Waals surface area contributed by atoms with Crippen molar-refractivity contribution in [2.24, 2.45) is 5.41 Å². The van der Waals surface area contributed by atoms with Gasteiger partial charge < -0.3 is 24.2 Å². The number of likely N-dealkylation sites (tertiary alicyclic amines) is 1. The first-order chi connectivity index (χ1) is 15.3. The zero-order chi connectivity index (χ0) is 22.9. The van der Waals surface area contributed by atoms with Crippen molar-refractivity contribution >= 4 is 11.9 Å². The minimum Gasteiger partial charge on any atom is -0.493 e. The summed E-state index contributed by atoms with van der Waals surface area (Å²) in [6.07, 6.45) is 5.50. The molecule has 1 aliphatic heterocycles. The van der Waals surface area contributed by atoms with Crippen LogP contribution < -0.4 is 9.47 Å². The third-order valence-corrected chi connectivity index (χ3v) is 7.34. The summed E-state index contributed by atoms with van der Waals surface area (Å²) in [5, 5.41) is 10.7. The molecule has 1 aromatic carbocycles. The van der Waals surface area contributed by atoms with Crippen LogP contribution in [-0.4, -0.2) is 60.4 Å². The fourth-order valence-corrected chi connectivity index (χ4v) is 4.95. The highest BCUT2D eigenvalue weighted by molar-refractivity contribution is 5.94. The molecule has 0 radical (unpaired) electrons. The van der Waals surface area contributed by atoms with Gasteiger partial charge in [-0.2, -0.15) is 0 Å². The molecule has 7 nitrogen and oxygen atoms in total. The van der Waals surface area contributed by atoms with Crippen LogP contribution in [0.5, 0.6) is 11.5 Å². The fraction of sp³-hybridized carbons (Fsp3) is 0.680. The molecule has 1 saturated heterocycles. The maximum Gasteiger partial charge on any atom is 0.315 e. The van der Waals surface area contributed by atoms with E-state index in [0.717, 1.165) is 31.2 Å². The number of ether oxygens (including phenoxy) is 3. The van der Waals surface area contributed by atoms with Crippen molar-refractivity contribution in [2.75, 3.05) is 20.2 Å². The molecule has 0 bridgehead atoms. The van der Waals surface area contributed by atoms with Crippen LogP contribution in [0, 0.1) is 5.41 Å². The smallest absolute Gasteiger partial charge is 0.315 e. The molecule has 3 unspecified atom stereocenters. The first kappa shape index (κ1) is 22.9. The van der Waals surface area contributed by atoms with Gasteiger partial charge in [-0.05, 0) is 63.1 Å². The van der Waals surface area contributed by atoms with Crippen LogP contribution in [0.4, 0.5) is 0 Å². The van der Waals surface area contributed by atoms with Crippen LogP contribution in [0.3, 0.4) is 0 Å². The topological polar surface area (TPSA) is 85.3 Å². The van der Waals surface area contributed by atoms with Gasteiger partial charge in [-0.15, -0.1) is 0 Å². The van der Waals surface area contributed by atoms with E-state index in [4.69, 9.17) is 14.2 Å². The summed E-state index contributed by atoms with van der Waals surface area (Å²) in [5.41, 5.74) is 0.452. The van der Waals surface area contributed by atoms with Crippen molar-refractivity contribution in [3.63, 3.8) is 0 Å². The van der Waals surface area contributed by atoms with E-state index >= 15 is 0 Å². The normalized spacial score (nSPS) is 26.8. The van der Waals surface area contributed by atoms with E-state index in [1.807, 2.05) is 25.1 Å². The quantitative estimate of drug-likeness (QED) is 0.488. The van der Waals surface area contributed by atoms with Gasteiger partial charge in [0.25, 0.3) is 0 Å². The number of hydrogen-bond donors (Lipinski definition) is 1. The zero-order valence-corrected chi connectivity index (χ0v) is 19.3. The maximum atomic E-state index is 12.8. The molecule has 1 aromatic rings. The molecular formula is C25H35NO6. The molecule has 3 fully saturated rings. The van der Waals surface area contributed by atoms with Crippen LogP contribution in [0.1, 0.15) is 70.3 Å².